The van der Waals surface area contributed by atoms with Crippen molar-refractivity contribution in [3.63, 3.8) is 0 Å². The van der Waals surface area contributed by atoms with Gasteiger partial charge in [-0.2, -0.15) is 29.9 Å². The second-order valence-electron chi connectivity index (χ2n) is 9.88. The van der Waals surface area contributed by atoms with Gasteiger partial charge >= 0.3 is 56.6 Å². The van der Waals surface area contributed by atoms with Crippen molar-refractivity contribution in [1.29, 1.82) is 0 Å². The van der Waals surface area contributed by atoms with Crippen molar-refractivity contribution in [1.82, 2.24) is 29.9 Å². The molecule has 0 aliphatic heterocycles. The molecule has 0 aliphatic carbocycles. The number of nitrogens with one attached hydrogen (secondary N) is 6. The van der Waals surface area contributed by atoms with Crippen molar-refractivity contribution >= 4 is 59.0 Å². The van der Waals surface area contributed by atoms with Gasteiger partial charge in [0.05, 0.1) is 43.5 Å². The quantitative estimate of drug-likeness (QED) is 0.0214. The number of carboxylic acids is 2. The minimum absolute atomic E-state index is 0. The van der Waals surface area contributed by atoms with Crippen molar-refractivity contribution in [2.45, 2.75) is 37.6 Å². The van der Waals surface area contributed by atoms with E-state index < -0.39 is 55.9 Å². The zero-order valence-electron chi connectivity index (χ0n) is 28.3. The molecule has 25 heteroatoms. The van der Waals surface area contributed by atoms with Gasteiger partial charge < -0.3 is 82.3 Å². The number of benzene rings is 1. The largest absolute Gasteiger partial charge is 1.00 e. The molecule has 2 heterocycles. The SMILES string of the molecule is C=C(O[O-])C(C)Nc1nc(NCC(O)CO)nc(Nc2ccc(Nc3nc(NCC(O)CO)nc(NC(CC(=O)[O-])C(=O)[O-])n3)cc2)n1.[Li+].[Li+].[Li+]. The summed E-state index contributed by atoms with van der Waals surface area (Å²) in [4.78, 5) is 51.2. The van der Waals surface area contributed by atoms with Gasteiger partial charge in [0.25, 0.3) is 0 Å². The summed E-state index contributed by atoms with van der Waals surface area (Å²) in [7, 11) is 0. The maximum Gasteiger partial charge on any atom is 1.00 e. The summed E-state index contributed by atoms with van der Waals surface area (Å²) >= 11 is 0. The van der Waals surface area contributed by atoms with Crippen LogP contribution in [0.2, 0.25) is 0 Å². The smallest absolute Gasteiger partial charge is 0.664 e. The first kappa shape index (κ1) is 47.1. The van der Waals surface area contributed by atoms with Crippen molar-refractivity contribution in [2.24, 2.45) is 0 Å². The maximum atomic E-state index is 11.4. The Morgan fingerprint density at radius 3 is 1.51 bits per heavy atom. The van der Waals surface area contributed by atoms with E-state index >= 15 is 0 Å². The van der Waals surface area contributed by atoms with Crippen LogP contribution in [0.3, 0.4) is 0 Å². The molecule has 4 atom stereocenters. The van der Waals surface area contributed by atoms with E-state index in [1.165, 1.54) is 0 Å². The number of carbonyl (C=O) groups excluding carboxylic acids is 2. The summed E-state index contributed by atoms with van der Waals surface area (Å²) in [5.41, 5.74) is 0.908. The van der Waals surface area contributed by atoms with E-state index in [-0.39, 0.29) is 111 Å². The van der Waals surface area contributed by atoms with Gasteiger partial charge in [-0.1, -0.05) is 6.58 Å². The summed E-state index contributed by atoms with van der Waals surface area (Å²) in [5, 5.41) is 87.1. The molecule has 0 aliphatic rings. The van der Waals surface area contributed by atoms with Crippen molar-refractivity contribution < 1.29 is 107 Å². The molecule has 0 saturated heterocycles. The second-order valence-corrected chi connectivity index (χ2v) is 9.88. The van der Waals surface area contributed by atoms with E-state index in [1.807, 2.05) is 0 Å². The number of aliphatic hydroxyl groups is 4. The summed E-state index contributed by atoms with van der Waals surface area (Å²) < 4.78 is 0. The van der Waals surface area contributed by atoms with E-state index in [2.05, 4.69) is 73.3 Å². The molecular weight excluding hydrogens is 661 g/mol. The summed E-state index contributed by atoms with van der Waals surface area (Å²) in [6.45, 7) is 3.76. The van der Waals surface area contributed by atoms with Crippen LogP contribution in [0.4, 0.5) is 47.1 Å². The molecule has 0 radical (unpaired) electrons. The number of aliphatic carboxylic acids is 2. The molecule has 0 bridgehead atoms. The van der Waals surface area contributed by atoms with Crippen molar-refractivity contribution in [2.75, 3.05) is 58.2 Å². The number of anilines is 8. The van der Waals surface area contributed by atoms with Crippen LogP contribution in [0.5, 0.6) is 0 Å². The Morgan fingerprint density at radius 1 is 0.745 bits per heavy atom. The minimum Gasteiger partial charge on any atom is -0.664 e. The minimum atomic E-state index is -1.74. The van der Waals surface area contributed by atoms with Crippen LogP contribution in [-0.4, -0.2) is 113 Å². The number of carboxylic acid groups (broad SMARTS) is 2. The van der Waals surface area contributed by atoms with E-state index in [4.69, 9.17) is 10.2 Å². The van der Waals surface area contributed by atoms with E-state index in [1.54, 1.807) is 31.2 Å². The summed E-state index contributed by atoms with van der Waals surface area (Å²) in [5.74, 6) is -4.06. The van der Waals surface area contributed by atoms with Gasteiger partial charge in [-0.15, -0.1) is 0 Å². The fraction of sp³-hybridized carbons (Fsp3) is 0.385. The first-order valence-electron chi connectivity index (χ1n) is 14.0. The molecule has 1 aromatic carbocycles. The van der Waals surface area contributed by atoms with Crippen LogP contribution in [0.25, 0.3) is 0 Å². The predicted molar refractivity (Wildman–Crippen MR) is 161 cm³/mol. The number of aliphatic hydroxyl groups excluding tert-OH is 4. The Hall–Kier alpha value is -3.89. The Balaban J connectivity index is 0.00000833. The average molecular weight is 694 g/mol. The number of carbonyl (C=O) groups is 2. The van der Waals surface area contributed by atoms with Crippen molar-refractivity contribution in [3.05, 3.63) is 36.6 Å². The van der Waals surface area contributed by atoms with E-state index in [9.17, 15) is 35.3 Å². The van der Waals surface area contributed by atoms with Crippen LogP contribution in [0, 0.1) is 0 Å². The van der Waals surface area contributed by atoms with E-state index in [0.29, 0.717) is 11.4 Å². The van der Waals surface area contributed by atoms with Gasteiger partial charge in [0.15, 0.2) is 0 Å². The van der Waals surface area contributed by atoms with Crippen LogP contribution in [0.15, 0.2) is 36.6 Å². The van der Waals surface area contributed by atoms with E-state index in [0.717, 1.165) is 0 Å². The number of hydrogen-bond donors (Lipinski definition) is 10. The number of hydrogen-bond acceptors (Lipinski definition) is 22. The topological polar surface area (TPSA) is 343 Å². The number of nitrogens with zero attached hydrogens (tertiary/aromatic N) is 6. The van der Waals surface area contributed by atoms with Crippen LogP contribution < -0.4 is 104 Å². The molecule has 0 saturated carbocycles. The molecular formula is C26H33Li3N12O10. The normalized spacial score (nSPS) is 12.5. The molecule has 2 aromatic heterocycles. The molecule has 22 nitrogen and oxygen atoms in total. The standard InChI is InChI=1S/C26H36N12O10.3Li/c1-12(13(2)48-47)29-23-33-21(27-8-16(41)10-39)34-24(37-23)30-14-3-5-15(6-4-14)31-25-35-22(28-9-17(42)11-40)36-26(38-25)32-18(20(45)46)7-19(43)44;;;/h3-6,12,16-18,39-42,47H,2,7-11H2,1H3,(H,43,44)(H,45,46)(H3,27,29,30,33,34,37)(H3,28,31,32,35,36,38);;;/q;3*+1/p-3. The zero-order chi connectivity index (χ0) is 35.2. The molecule has 260 valence electrons. The van der Waals surface area contributed by atoms with Gasteiger partial charge in [0.2, 0.25) is 35.7 Å². The first-order valence-corrected chi connectivity index (χ1v) is 14.0. The molecule has 51 heavy (non-hydrogen) atoms. The van der Waals surface area contributed by atoms with Crippen LogP contribution in [-0.2, 0) is 14.5 Å². The van der Waals surface area contributed by atoms with Gasteiger partial charge in [-0.05, 0) is 31.2 Å². The predicted octanol–water partition coefficient (Wildman–Crippen LogP) is -13.6. The Morgan fingerprint density at radius 2 is 1.14 bits per heavy atom. The number of rotatable bonds is 21. The first-order chi connectivity index (χ1) is 22.9. The number of aromatic nitrogens is 6. The van der Waals surface area contributed by atoms with Gasteiger partial charge in [-0.25, -0.2) is 0 Å². The average Bonchev–Trinajstić information content (AvgIpc) is 3.05. The van der Waals surface area contributed by atoms with Crippen LogP contribution in [0.1, 0.15) is 13.3 Å². The monoisotopic (exact) mass is 694 g/mol. The molecule has 10 N–H and O–H groups in total. The zero-order valence-corrected chi connectivity index (χ0v) is 28.3. The fourth-order valence-corrected chi connectivity index (χ4v) is 3.46. The molecule has 4 unspecified atom stereocenters. The maximum absolute atomic E-state index is 11.4. The molecule has 0 amide bonds. The molecule has 3 rings (SSSR count). The third kappa shape index (κ3) is 16.3. The van der Waals surface area contributed by atoms with Gasteiger partial charge in [0.1, 0.15) is 5.76 Å². The van der Waals surface area contributed by atoms with Crippen LogP contribution >= 0.6 is 0 Å². The van der Waals surface area contributed by atoms with Gasteiger partial charge in [0, 0.05) is 36.9 Å². The Bertz CT molecular complexity index is 1550. The van der Waals surface area contributed by atoms with Gasteiger partial charge in [-0.3, -0.25) is 0 Å². The second kappa shape index (κ2) is 23.6. The summed E-state index contributed by atoms with van der Waals surface area (Å²) in [6, 6.07) is 3.99. The fourth-order valence-electron chi connectivity index (χ4n) is 3.46. The summed E-state index contributed by atoms with van der Waals surface area (Å²) in [6.07, 6.45) is -3.20. The third-order valence-corrected chi connectivity index (χ3v) is 5.98. The third-order valence-electron chi connectivity index (χ3n) is 5.98. The molecule has 3 aromatic rings. The molecule has 0 fully saturated rings. The molecule has 0 spiro atoms. The Labute approximate surface area is 326 Å². The Kier molecular flexibility index (Phi) is 21.8. The van der Waals surface area contributed by atoms with Crippen molar-refractivity contribution in [3.8, 4) is 0 Å².